The van der Waals surface area contributed by atoms with Crippen LogP contribution in [0.4, 0.5) is 0 Å². The summed E-state index contributed by atoms with van der Waals surface area (Å²) in [6.45, 7) is 3.79. The van der Waals surface area contributed by atoms with Gasteiger partial charge in [0.05, 0.1) is 20.3 Å². The van der Waals surface area contributed by atoms with Crippen molar-refractivity contribution in [2.24, 2.45) is 0 Å². The van der Waals surface area contributed by atoms with Crippen LogP contribution in [-0.2, 0) is 28.3 Å². The summed E-state index contributed by atoms with van der Waals surface area (Å²) in [5.41, 5.74) is 0. The standard InChI is InChI=1S/C13H24NO8P/c1-3-12(15)14(20-2)9-7-8-13(16)21-10-5-4-6-11-22-23(17,18)19/h3H,1,4-11H2,2H3,(H2,17,18,19). The summed E-state index contributed by atoms with van der Waals surface area (Å²) in [6, 6.07) is 0. The number of nitrogens with zero attached hydrogens (tertiary/aromatic N) is 1. The molecule has 0 unspecified atom stereocenters. The van der Waals surface area contributed by atoms with Gasteiger partial charge in [0.15, 0.2) is 0 Å². The van der Waals surface area contributed by atoms with E-state index in [1.54, 1.807) is 0 Å². The SMILES string of the molecule is C=CC(=O)N(CCCC(=O)OCCCCCOP(=O)(O)O)OC. The molecule has 2 N–H and O–H groups in total. The number of phosphoric acid groups is 1. The summed E-state index contributed by atoms with van der Waals surface area (Å²) in [6.07, 6.45) is 3.36. The summed E-state index contributed by atoms with van der Waals surface area (Å²) in [4.78, 5) is 44.5. The highest BCUT2D eigenvalue weighted by Crippen LogP contribution is 2.35. The molecule has 23 heavy (non-hydrogen) atoms. The van der Waals surface area contributed by atoms with Crippen molar-refractivity contribution in [3.8, 4) is 0 Å². The highest BCUT2D eigenvalue weighted by molar-refractivity contribution is 7.46. The van der Waals surface area contributed by atoms with Gasteiger partial charge in [-0.2, -0.15) is 0 Å². The van der Waals surface area contributed by atoms with Crippen LogP contribution in [0.3, 0.4) is 0 Å². The third-order valence-electron chi connectivity index (χ3n) is 2.69. The van der Waals surface area contributed by atoms with E-state index in [1.165, 1.54) is 7.11 Å². The summed E-state index contributed by atoms with van der Waals surface area (Å²) in [5, 5.41) is 1.10. The molecular formula is C13H24NO8P. The first-order chi connectivity index (χ1) is 10.8. The van der Waals surface area contributed by atoms with E-state index in [4.69, 9.17) is 19.4 Å². The summed E-state index contributed by atoms with van der Waals surface area (Å²) in [5.74, 6) is -0.753. The minimum atomic E-state index is -4.40. The molecule has 0 saturated heterocycles. The molecule has 9 nitrogen and oxygen atoms in total. The Labute approximate surface area is 135 Å². The Balaban J connectivity index is 3.59. The van der Waals surface area contributed by atoms with Crippen LogP contribution in [0.15, 0.2) is 12.7 Å². The molecule has 0 fully saturated rings. The number of hydrogen-bond acceptors (Lipinski definition) is 6. The minimum absolute atomic E-state index is 0.0393. The Hall–Kier alpha value is -1.25. The Morgan fingerprint density at radius 2 is 1.83 bits per heavy atom. The zero-order valence-corrected chi connectivity index (χ0v) is 14.1. The van der Waals surface area contributed by atoms with Crippen molar-refractivity contribution >= 4 is 19.7 Å². The molecule has 0 aliphatic rings. The van der Waals surface area contributed by atoms with Crippen LogP contribution in [-0.4, -0.2) is 53.6 Å². The van der Waals surface area contributed by atoms with Gasteiger partial charge in [-0.25, -0.2) is 9.63 Å². The second-order valence-electron chi connectivity index (χ2n) is 4.54. The largest absolute Gasteiger partial charge is 0.469 e. The van der Waals surface area contributed by atoms with Gasteiger partial charge in [-0.1, -0.05) is 6.58 Å². The van der Waals surface area contributed by atoms with Gasteiger partial charge in [-0.3, -0.25) is 19.0 Å². The summed E-state index contributed by atoms with van der Waals surface area (Å²) in [7, 11) is -3.04. The molecule has 10 heteroatoms. The van der Waals surface area contributed by atoms with Crippen molar-refractivity contribution in [3.63, 3.8) is 0 Å². The Kier molecular flexibility index (Phi) is 11.5. The fraction of sp³-hybridized carbons (Fsp3) is 0.692. The van der Waals surface area contributed by atoms with Crippen LogP contribution in [0.1, 0.15) is 32.1 Å². The second kappa shape index (κ2) is 12.2. The van der Waals surface area contributed by atoms with E-state index in [-0.39, 0.29) is 38.1 Å². The van der Waals surface area contributed by atoms with E-state index < -0.39 is 7.82 Å². The lowest BCUT2D eigenvalue weighted by Crippen LogP contribution is -2.29. The number of amides is 1. The maximum Gasteiger partial charge on any atom is 0.469 e. The number of unbranched alkanes of at least 4 members (excludes halogenated alkanes) is 2. The molecule has 0 saturated carbocycles. The van der Waals surface area contributed by atoms with Crippen LogP contribution in [0.2, 0.25) is 0 Å². The van der Waals surface area contributed by atoms with Crippen molar-refractivity contribution in [3.05, 3.63) is 12.7 Å². The first kappa shape index (κ1) is 21.8. The quantitative estimate of drug-likeness (QED) is 0.166. The fourth-order valence-corrected chi connectivity index (χ4v) is 1.95. The fourth-order valence-electron chi connectivity index (χ4n) is 1.58. The topological polar surface area (TPSA) is 123 Å². The van der Waals surface area contributed by atoms with Crippen molar-refractivity contribution in [1.82, 2.24) is 5.06 Å². The first-order valence-electron chi connectivity index (χ1n) is 7.14. The number of phosphoric ester groups is 1. The zero-order chi connectivity index (χ0) is 17.7. The monoisotopic (exact) mass is 353 g/mol. The molecule has 1 amide bonds. The minimum Gasteiger partial charge on any atom is -0.466 e. The lowest BCUT2D eigenvalue weighted by atomic mass is 10.2. The number of rotatable bonds is 13. The zero-order valence-electron chi connectivity index (χ0n) is 13.2. The first-order valence-corrected chi connectivity index (χ1v) is 8.67. The van der Waals surface area contributed by atoms with E-state index in [0.29, 0.717) is 25.7 Å². The predicted molar refractivity (Wildman–Crippen MR) is 81.0 cm³/mol. The Morgan fingerprint density at radius 1 is 1.17 bits per heavy atom. The van der Waals surface area contributed by atoms with Gasteiger partial charge >= 0.3 is 13.8 Å². The predicted octanol–water partition coefficient (Wildman–Crippen LogP) is 1.17. The molecule has 0 aromatic heterocycles. The van der Waals surface area contributed by atoms with E-state index in [0.717, 1.165) is 11.1 Å². The van der Waals surface area contributed by atoms with Gasteiger partial charge in [0.2, 0.25) is 0 Å². The second-order valence-corrected chi connectivity index (χ2v) is 5.77. The highest BCUT2D eigenvalue weighted by atomic mass is 31.2. The Bertz CT molecular complexity index is 422. The van der Waals surface area contributed by atoms with Gasteiger partial charge in [-0.05, 0) is 31.8 Å². The van der Waals surface area contributed by atoms with Gasteiger partial charge in [0, 0.05) is 13.0 Å². The molecule has 0 heterocycles. The molecule has 0 aliphatic carbocycles. The molecule has 134 valence electrons. The van der Waals surface area contributed by atoms with Gasteiger partial charge < -0.3 is 14.5 Å². The smallest absolute Gasteiger partial charge is 0.466 e. The molecule has 0 rings (SSSR count). The van der Waals surface area contributed by atoms with Crippen LogP contribution in [0.25, 0.3) is 0 Å². The lowest BCUT2D eigenvalue weighted by molar-refractivity contribution is -0.171. The average molecular weight is 353 g/mol. The lowest BCUT2D eigenvalue weighted by Gasteiger charge is -2.17. The van der Waals surface area contributed by atoms with E-state index >= 15 is 0 Å². The van der Waals surface area contributed by atoms with Crippen molar-refractivity contribution in [2.45, 2.75) is 32.1 Å². The van der Waals surface area contributed by atoms with Gasteiger partial charge in [-0.15, -0.1) is 0 Å². The third-order valence-corrected chi connectivity index (χ3v) is 3.21. The van der Waals surface area contributed by atoms with Crippen LogP contribution in [0.5, 0.6) is 0 Å². The number of carbonyl (C=O) groups is 2. The summed E-state index contributed by atoms with van der Waals surface area (Å²) < 4.78 is 19.7. The molecule has 0 spiro atoms. The van der Waals surface area contributed by atoms with Crippen LogP contribution < -0.4 is 0 Å². The van der Waals surface area contributed by atoms with E-state index in [2.05, 4.69) is 11.1 Å². The van der Waals surface area contributed by atoms with Gasteiger partial charge in [0.25, 0.3) is 5.91 Å². The van der Waals surface area contributed by atoms with Crippen LogP contribution >= 0.6 is 7.82 Å². The molecule has 0 aromatic rings. The number of hydroxylamine groups is 2. The van der Waals surface area contributed by atoms with Crippen molar-refractivity contribution < 1.29 is 38.0 Å². The normalized spacial score (nSPS) is 11.1. The molecular weight excluding hydrogens is 329 g/mol. The van der Waals surface area contributed by atoms with Crippen molar-refractivity contribution in [2.75, 3.05) is 26.9 Å². The molecule has 0 atom stereocenters. The number of carbonyl (C=O) groups excluding carboxylic acids is 2. The average Bonchev–Trinajstić information content (AvgIpc) is 2.48. The molecule has 0 aliphatic heterocycles. The number of esters is 1. The van der Waals surface area contributed by atoms with Crippen molar-refractivity contribution in [1.29, 1.82) is 0 Å². The van der Waals surface area contributed by atoms with Gasteiger partial charge in [0.1, 0.15) is 0 Å². The molecule has 0 aromatic carbocycles. The maximum absolute atomic E-state index is 11.5. The molecule has 0 bridgehead atoms. The van der Waals surface area contributed by atoms with E-state index in [9.17, 15) is 14.2 Å². The third kappa shape index (κ3) is 12.9. The Morgan fingerprint density at radius 3 is 2.39 bits per heavy atom. The molecule has 0 radical (unpaired) electrons. The number of hydrogen-bond donors (Lipinski definition) is 2. The van der Waals surface area contributed by atoms with E-state index in [1.807, 2.05) is 0 Å². The summed E-state index contributed by atoms with van der Waals surface area (Å²) >= 11 is 0. The maximum atomic E-state index is 11.5. The number of ether oxygens (including phenoxy) is 1. The highest BCUT2D eigenvalue weighted by Gasteiger charge is 2.12. The van der Waals surface area contributed by atoms with Crippen LogP contribution in [0, 0.1) is 0 Å².